The SMILES string of the molecule is O=C1CC2(CCCC2)CC(=O)N1CCCCN1CCCC[C@]12COc1ccccc1C2. The van der Waals surface area contributed by atoms with Gasteiger partial charge in [0.25, 0.3) is 0 Å². The van der Waals surface area contributed by atoms with Crippen LogP contribution in [0, 0.1) is 5.41 Å². The van der Waals surface area contributed by atoms with E-state index >= 15 is 0 Å². The molecule has 3 heterocycles. The van der Waals surface area contributed by atoms with Crippen LogP contribution in [-0.4, -0.2) is 53.4 Å². The van der Waals surface area contributed by atoms with E-state index < -0.39 is 0 Å². The molecule has 2 spiro atoms. The van der Waals surface area contributed by atoms with Gasteiger partial charge in [0.15, 0.2) is 0 Å². The normalized spacial score (nSPS) is 28.2. The summed E-state index contributed by atoms with van der Waals surface area (Å²) in [7, 11) is 0. The van der Waals surface area contributed by atoms with Gasteiger partial charge in [-0.2, -0.15) is 0 Å². The molecule has 4 aliphatic rings. The second-order valence-corrected chi connectivity index (χ2v) is 10.4. The molecule has 0 unspecified atom stereocenters. The first-order valence-electron chi connectivity index (χ1n) is 12.4. The smallest absolute Gasteiger partial charge is 0.229 e. The molecule has 0 N–H and O–H groups in total. The van der Waals surface area contributed by atoms with Crippen LogP contribution >= 0.6 is 0 Å². The highest BCUT2D eigenvalue weighted by Crippen LogP contribution is 2.47. The first kappa shape index (κ1) is 21.0. The van der Waals surface area contributed by atoms with Crippen LogP contribution in [0.25, 0.3) is 0 Å². The van der Waals surface area contributed by atoms with Crippen LogP contribution in [0.1, 0.15) is 76.2 Å². The number of likely N-dealkylation sites (tertiary alicyclic amines) is 2. The van der Waals surface area contributed by atoms with E-state index in [-0.39, 0.29) is 22.8 Å². The molecule has 1 aromatic rings. The highest BCUT2D eigenvalue weighted by atomic mass is 16.5. The van der Waals surface area contributed by atoms with Crippen molar-refractivity contribution in [1.29, 1.82) is 0 Å². The summed E-state index contributed by atoms with van der Waals surface area (Å²) in [6.45, 7) is 3.50. The lowest BCUT2D eigenvalue weighted by Crippen LogP contribution is -2.58. The lowest BCUT2D eigenvalue weighted by atomic mass is 9.76. The Bertz CT molecular complexity index is 812. The number of hydrogen-bond donors (Lipinski definition) is 0. The molecule has 5 heteroatoms. The molecule has 168 valence electrons. The maximum atomic E-state index is 12.7. The van der Waals surface area contributed by atoms with Crippen molar-refractivity contribution in [2.45, 2.75) is 82.6 Å². The van der Waals surface area contributed by atoms with Crippen LogP contribution in [0.3, 0.4) is 0 Å². The molecule has 5 nitrogen and oxygen atoms in total. The van der Waals surface area contributed by atoms with Gasteiger partial charge in [0.05, 0.1) is 5.54 Å². The largest absolute Gasteiger partial charge is 0.491 e. The van der Waals surface area contributed by atoms with Crippen molar-refractivity contribution in [3.63, 3.8) is 0 Å². The molecule has 3 fully saturated rings. The number of hydrogen-bond acceptors (Lipinski definition) is 4. The predicted molar refractivity (Wildman–Crippen MR) is 120 cm³/mol. The highest BCUT2D eigenvalue weighted by Gasteiger charge is 2.45. The molecule has 1 aromatic carbocycles. The summed E-state index contributed by atoms with van der Waals surface area (Å²) in [5.41, 5.74) is 1.44. The molecule has 1 saturated carbocycles. The molecule has 3 aliphatic heterocycles. The number of carbonyl (C=O) groups excluding carboxylic acids is 2. The Labute approximate surface area is 186 Å². The number of carbonyl (C=O) groups is 2. The first-order chi connectivity index (χ1) is 15.1. The Morgan fingerprint density at radius 3 is 2.35 bits per heavy atom. The minimum atomic E-state index is 0.00211. The number of piperidine rings is 2. The monoisotopic (exact) mass is 424 g/mol. The van der Waals surface area contributed by atoms with Crippen molar-refractivity contribution in [2.24, 2.45) is 5.41 Å². The molecular formula is C26H36N2O3. The van der Waals surface area contributed by atoms with E-state index in [1.54, 1.807) is 4.90 Å². The van der Waals surface area contributed by atoms with Crippen molar-refractivity contribution in [1.82, 2.24) is 9.80 Å². The van der Waals surface area contributed by atoms with E-state index in [1.807, 2.05) is 6.07 Å². The molecule has 2 saturated heterocycles. The molecule has 31 heavy (non-hydrogen) atoms. The number of benzene rings is 1. The van der Waals surface area contributed by atoms with Crippen molar-refractivity contribution in [3.8, 4) is 5.75 Å². The van der Waals surface area contributed by atoms with Gasteiger partial charge in [0.1, 0.15) is 12.4 Å². The minimum absolute atomic E-state index is 0.00211. The molecule has 2 amide bonds. The number of nitrogens with zero attached hydrogens (tertiary/aromatic N) is 2. The van der Waals surface area contributed by atoms with Gasteiger partial charge in [-0.25, -0.2) is 0 Å². The van der Waals surface area contributed by atoms with Crippen molar-refractivity contribution in [3.05, 3.63) is 29.8 Å². The highest BCUT2D eigenvalue weighted by molar-refractivity contribution is 5.98. The molecule has 0 bridgehead atoms. The van der Waals surface area contributed by atoms with Gasteiger partial charge < -0.3 is 4.74 Å². The number of rotatable bonds is 5. The molecule has 1 aliphatic carbocycles. The summed E-state index contributed by atoms with van der Waals surface area (Å²) < 4.78 is 6.18. The zero-order chi connectivity index (χ0) is 21.3. The number of fused-ring (bicyclic) bond motifs is 1. The Hall–Kier alpha value is -1.88. The van der Waals surface area contributed by atoms with Gasteiger partial charge in [0, 0.05) is 19.4 Å². The third kappa shape index (κ3) is 4.13. The number of ether oxygens (including phenoxy) is 1. The molecule has 0 radical (unpaired) electrons. The lowest BCUT2D eigenvalue weighted by molar-refractivity contribution is -0.153. The third-order valence-corrected chi connectivity index (χ3v) is 8.36. The van der Waals surface area contributed by atoms with Crippen LogP contribution in [0.2, 0.25) is 0 Å². The number of amides is 2. The fourth-order valence-corrected chi connectivity index (χ4v) is 6.61. The van der Waals surface area contributed by atoms with E-state index in [4.69, 9.17) is 4.74 Å². The summed E-state index contributed by atoms with van der Waals surface area (Å²) in [6.07, 6.45) is 12.3. The summed E-state index contributed by atoms with van der Waals surface area (Å²) in [5, 5.41) is 0. The van der Waals surface area contributed by atoms with Gasteiger partial charge in [-0.1, -0.05) is 37.5 Å². The fraction of sp³-hybridized carbons (Fsp3) is 0.692. The van der Waals surface area contributed by atoms with Crippen LogP contribution in [0.15, 0.2) is 24.3 Å². The summed E-state index contributed by atoms with van der Waals surface area (Å²) >= 11 is 0. The van der Waals surface area contributed by atoms with Crippen LogP contribution in [0.4, 0.5) is 0 Å². The molecule has 5 rings (SSSR count). The average Bonchev–Trinajstić information content (AvgIpc) is 3.21. The molecule has 0 aromatic heterocycles. The summed E-state index contributed by atoms with van der Waals surface area (Å²) in [4.78, 5) is 29.6. The summed E-state index contributed by atoms with van der Waals surface area (Å²) in [5.74, 6) is 1.19. The Morgan fingerprint density at radius 2 is 1.55 bits per heavy atom. The van der Waals surface area contributed by atoms with Gasteiger partial charge >= 0.3 is 0 Å². The lowest BCUT2D eigenvalue weighted by Gasteiger charge is -2.49. The second-order valence-electron chi connectivity index (χ2n) is 10.4. The number of imide groups is 1. The fourth-order valence-electron chi connectivity index (χ4n) is 6.61. The molecular weight excluding hydrogens is 388 g/mol. The van der Waals surface area contributed by atoms with Gasteiger partial charge in [-0.15, -0.1) is 0 Å². The van der Waals surface area contributed by atoms with Crippen LogP contribution in [-0.2, 0) is 16.0 Å². The number of unbranched alkanes of at least 4 members (excludes halogenated alkanes) is 1. The van der Waals surface area contributed by atoms with Crippen molar-refractivity contribution < 1.29 is 14.3 Å². The third-order valence-electron chi connectivity index (χ3n) is 8.36. The van der Waals surface area contributed by atoms with Gasteiger partial charge in [0.2, 0.25) is 11.8 Å². The first-order valence-corrected chi connectivity index (χ1v) is 12.4. The Kier molecular flexibility index (Phi) is 5.80. The second kappa shape index (κ2) is 8.57. The average molecular weight is 425 g/mol. The van der Waals surface area contributed by atoms with Crippen molar-refractivity contribution >= 4 is 11.8 Å². The zero-order valence-corrected chi connectivity index (χ0v) is 18.7. The predicted octanol–water partition coefficient (Wildman–Crippen LogP) is 4.34. The Morgan fingerprint density at radius 1 is 0.839 bits per heavy atom. The van der Waals surface area contributed by atoms with E-state index in [2.05, 4.69) is 23.1 Å². The Balaban J connectivity index is 1.15. The minimum Gasteiger partial charge on any atom is -0.491 e. The summed E-state index contributed by atoms with van der Waals surface area (Å²) in [6, 6.07) is 8.44. The zero-order valence-electron chi connectivity index (χ0n) is 18.7. The topological polar surface area (TPSA) is 49.9 Å². The van der Waals surface area contributed by atoms with E-state index in [9.17, 15) is 9.59 Å². The van der Waals surface area contributed by atoms with Crippen LogP contribution < -0.4 is 4.74 Å². The van der Waals surface area contributed by atoms with Crippen LogP contribution in [0.5, 0.6) is 5.75 Å². The maximum Gasteiger partial charge on any atom is 0.229 e. The standard InChI is InChI=1S/C26H36N2O3/c29-23-18-25(11-3-4-12-25)19-24(30)28(23)16-8-7-15-27-14-6-5-13-26(27)17-21-9-1-2-10-22(21)31-20-26/h1-2,9-10H,3-8,11-20H2/t26-/m0/s1. The van der Waals surface area contributed by atoms with Gasteiger partial charge in [-0.05, 0) is 75.1 Å². The van der Waals surface area contributed by atoms with E-state index in [0.29, 0.717) is 19.4 Å². The van der Waals surface area contributed by atoms with E-state index in [1.165, 1.54) is 37.7 Å². The van der Waals surface area contributed by atoms with E-state index in [0.717, 1.165) is 57.6 Å². The number of para-hydroxylation sites is 1. The quantitative estimate of drug-likeness (QED) is 0.521. The maximum absolute atomic E-state index is 12.7. The van der Waals surface area contributed by atoms with Gasteiger partial charge in [-0.3, -0.25) is 19.4 Å². The molecule has 1 atom stereocenters. The van der Waals surface area contributed by atoms with Crippen molar-refractivity contribution in [2.75, 3.05) is 26.2 Å².